The van der Waals surface area contributed by atoms with Gasteiger partial charge in [0, 0.05) is 12.3 Å². The maximum atomic E-state index is 12.3. The number of hydrogen-bond donors (Lipinski definition) is 1. The van der Waals surface area contributed by atoms with E-state index in [0.29, 0.717) is 29.2 Å². The van der Waals surface area contributed by atoms with Gasteiger partial charge in [0.25, 0.3) is 0 Å². The molecule has 0 saturated carbocycles. The number of esters is 1. The van der Waals surface area contributed by atoms with E-state index in [1.807, 2.05) is 26.0 Å². The SMILES string of the molecule is CCc1ccc(OC(=O)c2c(C)ncn2O)c(OCC(C)CC#N)c1. The van der Waals surface area contributed by atoms with E-state index in [2.05, 4.69) is 11.1 Å². The van der Waals surface area contributed by atoms with Gasteiger partial charge in [-0.1, -0.05) is 19.9 Å². The Morgan fingerprint density at radius 3 is 2.80 bits per heavy atom. The number of rotatable bonds is 7. The highest BCUT2D eigenvalue weighted by atomic mass is 16.6. The summed E-state index contributed by atoms with van der Waals surface area (Å²) >= 11 is 0. The van der Waals surface area contributed by atoms with Gasteiger partial charge in [-0.25, -0.2) is 9.78 Å². The van der Waals surface area contributed by atoms with Crippen LogP contribution in [0, 0.1) is 24.2 Å². The van der Waals surface area contributed by atoms with Crippen molar-refractivity contribution in [1.29, 1.82) is 5.26 Å². The van der Waals surface area contributed by atoms with Crippen molar-refractivity contribution in [3.05, 3.63) is 41.5 Å². The predicted octanol–water partition coefficient (Wildman–Crippen LogP) is 3.14. The highest BCUT2D eigenvalue weighted by Gasteiger charge is 2.20. The predicted molar refractivity (Wildman–Crippen MR) is 89.8 cm³/mol. The van der Waals surface area contributed by atoms with Crippen LogP contribution >= 0.6 is 0 Å². The Bertz CT molecular complexity index is 773. The monoisotopic (exact) mass is 343 g/mol. The number of imidazole rings is 1. The molecule has 1 aromatic heterocycles. The molecule has 1 heterocycles. The summed E-state index contributed by atoms with van der Waals surface area (Å²) in [5.41, 5.74) is 1.36. The van der Waals surface area contributed by atoms with Crippen LogP contribution in [0.1, 0.15) is 42.0 Å². The van der Waals surface area contributed by atoms with Crippen LogP contribution in [0.25, 0.3) is 0 Å². The van der Waals surface area contributed by atoms with Crippen molar-refractivity contribution in [2.45, 2.75) is 33.6 Å². The van der Waals surface area contributed by atoms with Crippen LogP contribution in [0.3, 0.4) is 0 Å². The lowest BCUT2D eigenvalue weighted by Crippen LogP contribution is -2.16. The Kier molecular flexibility index (Phi) is 6.01. The van der Waals surface area contributed by atoms with Gasteiger partial charge in [-0.2, -0.15) is 9.99 Å². The van der Waals surface area contributed by atoms with Gasteiger partial charge in [-0.15, -0.1) is 0 Å². The smallest absolute Gasteiger partial charge is 0.365 e. The third-order valence-electron chi connectivity index (χ3n) is 3.71. The summed E-state index contributed by atoms with van der Waals surface area (Å²) in [5.74, 6) is 0.0164. The standard InChI is InChI=1S/C18H21N3O4/c1-4-14-5-6-15(16(9-14)24-10-12(2)7-8-19)25-18(22)17-13(3)20-11-21(17)23/h5-6,9,11-12,23H,4,7,10H2,1-3H3. The average molecular weight is 343 g/mol. The molecule has 0 fully saturated rings. The zero-order valence-electron chi connectivity index (χ0n) is 14.5. The van der Waals surface area contributed by atoms with Crippen LogP contribution in [-0.2, 0) is 6.42 Å². The molecule has 0 aliphatic carbocycles. The maximum absolute atomic E-state index is 12.3. The second-order valence-corrected chi connectivity index (χ2v) is 5.83. The van der Waals surface area contributed by atoms with E-state index in [0.717, 1.165) is 18.3 Å². The highest BCUT2D eigenvalue weighted by Crippen LogP contribution is 2.30. The van der Waals surface area contributed by atoms with Gasteiger partial charge in [-0.05, 0) is 31.0 Å². The molecule has 2 rings (SSSR count). The molecule has 7 heteroatoms. The molecule has 0 aliphatic heterocycles. The normalized spacial score (nSPS) is 11.6. The first-order valence-corrected chi connectivity index (χ1v) is 8.04. The summed E-state index contributed by atoms with van der Waals surface area (Å²) in [5, 5.41) is 18.4. The summed E-state index contributed by atoms with van der Waals surface area (Å²) in [6.07, 6.45) is 2.32. The van der Waals surface area contributed by atoms with Gasteiger partial charge in [0.2, 0.25) is 0 Å². The molecular formula is C18H21N3O4. The molecule has 0 saturated heterocycles. The molecule has 0 aliphatic rings. The van der Waals surface area contributed by atoms with Crippen LogP contribution in [-0.4, -0.2) is 27.5 Å². The van der Waals surface area contributed by atoms with E-state index in [1.165, 1.54) is 0 Å². The quantitative estimate of drug-likeness (QED) is 0.471. The van der Waals surface area contributed by atoms with Crippen molar-refractivity contribution in [2.24, 2.45) is 5.92 Å². The van der Waals surface area contributed by atoms with Gasteiger partial charge in [-0.3, -0.25) is 0 Å². The number of aromatic nitrogens is 2. The largest absolute Gasteiger partial charge is 0.489 e. The molecule has 7 nitrogen and oxygen atoms in total. The number of nitrogens with zero attached hydrogens (tertiary/aromatic N) is 3. The molecule has 1 aromatic carbocycles. The Morgan fingerprint density at radius 1 is 1.44 bits per heavy atom. The van der Waals surface area contributed by atoms with Gasteiger partial charge in [0.05, 0.1) is 18.4 Å². The van der Waals surface area contributed by atoms with Crippen LogP contribution in [0.15, 0.2) is 24.5 Å². The molecule has 0 spiro atoms. The minimum Gasteiger partial charge on any atom is -0.489 e. The lowest BCUT2D eigenvalue weighted by atomic mass is 10.1. The molecular weight excluding hydrogens is 322 g/mol. The van der Waals surface area contributed by atoms with E-state index >= 15 is 0 Å². The van der Waals surface area contributed by atoms with E-state index in [9.17, 15) is 10.0 Å². The number of hydrogen-bond acceptors (Lipinski definition) is 6. The molecule has 1 unspecified atom stereocenters. The Balaban J connectivity index is 2.21. The third kappa shape index (κ3) is 4.51. The number of benzene rings is 1. The Labute approximate surface area is 146 Å². The minimum atomic E-state index is -0.725. The fraction of sp³-hybridized carbons (Fsp3) is 0.389. The lowest BCUT2D eigenvalue weighted by Gasteiger charge is -2.15. The molecule has 1 N–H and O–H groups in total. The molecule has 2 aromatic rings. The van der Waals surface area contributed by atoms with Crippen molar-refractivity contribution < 1.29 is 19.5 Å². The topological polar surface area (TPSA) is 97.4 Å². The Morgan fingerprint density at radius 2 is 2.20 bits per heavy atom. The first-order valence-electron chi connectivity index (χ1n) is 8.04. The van der Waals surface area contributed by atoms with Gasteiger partial charge < -0.3 is 14.7 Å². The summed E-state index contributed by atoms with van der Waals surface area (Å²) in [6, 6.07) is 7.42. The van der Waals surface area contributed by atoms with Gasteiger partial charge in [0.15, 0.2) is 17.2 Å². The number of carbonyl (C=O) groups is 1. The van der Waals surface area contributed by atoms with Crippen molar-refractivity contribution in [2.75, 3.05) is 6.61 Å². The van der Waals surface area contributed by atoms with Crippen molar-refractivity contribution >= 4 is 5.97 Å². The maximum Gasteiger partial charge on any atom is 0.365 e. The first kappa shape index (κ1) is 18.3. The van der Waals surface area contributed by atoms with Crippen molar-refractivity contribution in [1.82, 2.24) is 9.71 Å². The van der Waals surface area contributed by atoms with E-state index in [-0.39, 0.29) is 17.4 Å². The Hall–Kier alpha value is -3.01. The molecule has 1 atom stereocenters. The fourth-order valence-electron chi connectivity index (χ4n) is 2.23. The summed E-state index contributed by atoms with van der Waals surface area (Å²) in [7, 11) is 0. The zero-order chi connectivity index (χ0) is 18.4. The molecule has 0 radical (unpaired) electrons. The first-order chi connectivity index (χ1) is 12.0. The molecule has 25 heavy (non-hydrogen) atoms. The highest BCUT2D eigenvalue weighted by molar-refractivity contribution is 5.90. The van der Waals surface area contributed by atoms with Gasteiger partial charge >= 0.3 is 5.97 Å². The number of ether oxygens (including phenoxy) is 2. The molecule has 132 valence electrons. The van der Waals surface area contributed by atoms with Crippen LogP contribution in [0.5, 0.6) is 11.5 Å². The average Bonchev–Trinajstić information content (AvgIpc) is 2.92. The number of aryl methyl sites for hydroxylation is 2. The van der Waals surface area contributed by atoms with Crippen LogP contribution in [0.4, 0.5) is 0 Å². The fourth-order valence-corrected chi connectivity index (χ4v) is 2.23. The summed E-state index contributed by atoms with van der Waals surface area (Å²) < 4.78 is 11.8. The minimum absolute atomic E-state index is 0.0385. The second-order valence-electron chi connectivity index (χ2n) is 5.83. The second kappa shape index (κ2) is 8.20. The van der Waals surface area contributed by atoms with Gasteiger partial charge in [0.1, 0.15) is 6.33 Å². The number of nitriles is 1. The summed E-state index contributed by atoms with van der Waals surface area (Å²) in [4.78, 5) is 16.2. The molecule has 0 bridgehead atoms. The number of carbonyl (C=O) groups excluding carboxylic acids is 1. The zero-order valence-corrected chi connectivity index (χ0v) is 14.5. The van der Waals surface area contributed by atoms with E-state index in [4.69, 9.17) is 14.7 Å². The van der Waals surface area contributed by atoms with E-state index < -0.39 is 5.97 Å². The van der Waals surface area contributed by atoms with Crippen molar-refractivity contribution in [3.63, 3.8) is 0 Å². The molecule has 0 amide bonds. The van der Waals surface area contributed by atoms with Crippen LogP contribution in [0.2, 0.25) is 0 Å². The van der Waals surface area contributed by atoms with Crippen molar-refractivity contribution in [3.8, 4) is 17.6 Å². The van der Waals surface area contributed by atoms with Crippen LogP contribution < -0.4 is 9.47 Å². The summed E-state index contributed by atoms with van der Waals surface area (Å²) in [6.45, 7) is 5.86. The third-order valence-corrected chi connectivity index (χ3v) is 3.71. The lowest BCUT2D eigenvalue weighted by molar-refractivity contribution is 0.0674. The van der Waals surface area contributed by atoms with E-state index in [1.54, 1.807) is 13.0 Å².